The summed E-state index contributed by atoms with van der Waals surface area (Å²) >= 11 is 12.6. The van der Waals surface area contributed by atoms with Gasteiger partial charge in [0, 0.05) is 45.4 Å². The van der Waals surface area contributed by atoms with Crippen LogP contribution in [0.1, 0.15) is 36.3 Å². The van der Waals surface area contributed by atoms with Gasteiger partial charge in [0.2, 0.25) is 0 Å². The molecular formula is C21H19Cl2NO3. The molecule has 1 aliphatic heterocycles. The van der Waals surface area contributed by atoms with Crippen LogP contribution < -0.4 is 14.8 Å². The van der Waals surface area contributed by atoms with Crippen LogP contribution in [0.15, 0.2) is 41.6 Å². The molecule has 0 amide bonds. The molecular weight excluding hydrogens is 385 g/mol. The number of ketones is 1. The Hall–Kier alpha value is -2.17. The average molecular weight is 404 g/mol. The summed E-state index contributed by atoms with van der Waals surface area (Å²) in [5, 5.41) is 4.55. The van der Waals surface area contributed by atoms with Gasteiger partial charge in [-0.05, 0) is 42.2 Å². The lowest BCUT2D eigenvalue weighted by atomic mass is 9.75. The van der Waals surface area contributed by atoms with E-state index in [0.717, 1.165) is 40.9 Å². The molecule has 2 aromatic rings. The first-order chi connectivity index (χ1) is 13.0. The number of fused-ring (bicyclic) bond motifs is 1. The van der Waals surface area contributed by atoms with Crippen molar-refractivity contribution < 1.29 is 14.3 Å². The van der Waals surface area contributed by atoms with Crippen LogP contribution in [0.4, 0.5) is 5.69 Å². The van der Waals surface area contributed by atoms with Crippen molar-refractivity contribution in [3.05, 3.63) is 62.8 Å². The first kappa shape index (κ1) is 18.2. The lowest BCUT2D eigenvalue weighted by Gasteiger charge is -2.35. The molecule has 1 heterocycles. The van der Waals surface area contributed by atoms with E-state index in [1.165, 1.54) is 0 Å². The van der Waals surface area contributed by atoms with Gasteiger partial charge in [0.15, 0.2) is 17.3 Å². The predicted molar refractivity (Wildman–Crippen MR) is 107 cm³/mol. The normalized spacial score (nSPS) is 18.5. The van der Waals surface area contributed by atoms with Gasteiger partial charge < -0.3 is 14.8 Å². The van der Waals surface area contributed by atoms with Crippen LogP contribution in [0.25, 0.3) is 0 Å². The molecule has 2 aromatic carbocycles. The number of benzene rings is 2. The maximum absolute atomic E-state index is 12.9. The molecule has 1 N–H and O–H groups in total. The number of ether oxygens (including phenoxy) is 2. The van der Waals surface area contributed by atoms with Gasteiger partial charge in [-0.15, -0.1) is 0 Å². The molecule has 1 aliphatic carbocycles. The van der Waals surface area contributed by atoms with Gasteiger partial charge in [-0.25, -0.2) is 0 Å². The van der Waals surface area contributed by atoms with Gasteiger partial charge in [0.1, 0.15) is 0 Å². The molecule has 2 aliphatic rings. The fraction of sp³-hybridized carbons (Fsp3) is 0.286. The standard InChI is InChI=1S/C21H19Cl2NO3/c1-26-18-9-13-16(10-19(18)27-2)24-15-4-3-5-17(25)21(15)20(13)12-7-6-11(22)8-14(12)23/h6-10,20,24H,3-5H2,1-2H3. The highest BCUT2D eigenvalue weighted by atomic mass is 35.5. The van der Waals surface area contributed by atoms with Gasteiger partial charge in [-0.1, -0.05) is 29.3 Å². The molecule has 6 heteroatoms. The molecule has 1 unspecified atom stereocenters. The Morgan fingerprint density at radius 2 is 1.74 bits per heavy atom. The van der Waals surface area contributed by atoms with Gasteiger partial charge in [0.25, 0.3) is 0 Å². The zero-order chi connectivity index (χ0) is 19.1. The monoisotopic (exact) mass is 403 g/mol. The maximum Gasteiger partial charge on any atom is 0.162 e. The zero-order valence-corrected chi connectivity index (χ0v) is 16.6. The minimum Gasteiger partial charge on any atom is -0.493 e. The SMILES string of the molecule is COc1cc2c(cc1OC)C(c1ccc(Cl)cc1Cl)C1=C(CCCC1=O)N2. The molecule has 4 rings (SSSR count). The first-order valence-corrected chi connectivity index (χ1v) is 9.53. The Balaban J connectivity index is 1.98. The molecule has 0 saturated carbocycles. The second kappa shape index (κ2) is 7.10. The molecule has 0 aromatic heterocycles. The number of allylic oxidation sites excluding steroid dienone is 2. The summed E-state index contributed by atoms with van der Waals surface area (Å²) in [6.07, 6.45) is 2.22. The summed E-state index contributed by atoms with van der Waals surface area (Å²) in [5.74, 6) is 1.13. The van der Waals surface area contributed by atoms with E-state index in [1.54, 1.807) is 26.4 Å². The zero-order valence-electron chi connectivity index (χ0n) is 15.1. The summed E-state index contributed by atoms with van der Waals surface area (Å²) in [6.45, 7) is 0. The molecule has 1 atom stereocenters. The van der Waals surface area contributed by atoms with Gasteiger partial charge >= 0.3 is 0 Å². The molecule has 4 nitrogen and oxygen atoms in total. The highest BCUT2D eigenvalue weighted by Crippen LogP contribution is 2.49. The Labute approximate surface area is 168 Å². The van der Waals surface area contributed by atoms with Gasteiger partial charge in [-0.3, -0.25) is 4.79 Å². The molecule has 0 radical (unpaired) electrons. The van der Waals surface area contributed by atoms with Crippen LogP contribution in [-0.2, 0) is 4.79 Å². The van der Waals surface area contributed by atoms with Crippen LogP contribution in [-0.4, -0.2) is 20.0 Å². The number of methoxy groups -OCH3 is 2. The highest BCUT2D eigenvalue weighted by molar-refractivity contribution is 6.35. The Morgan fingerprint density at radius 3 is 2.44 bits per heavy atom. The van der Waals surface area contributed by atoms with E-state index in [2.05, 4.69) is 5.32 Å². The van der Waals surface area contributed by atoms with Crippen LogP contribution in [0.2, 0.25) is 10.0 Å². The van der Waals surface area contributed by atoms with E-state index >= 15 is 0 Å². The maximum atomic E-state index is 12.9. The van der Waals surface area contributed by atoms with Crippen LogP contribution >= 0.6 is 23.2 Å². The second-order valence-electron chi connectivity index (χ2n) is 6.69. The molecule has 0 saturated heterocycles. The lowest BCUT2D eigenvalue weighted by molar-refractivity contribution is -0.116. The van der Waals surface area contributed by atoms with E-state index in [1.807, 2.05) is 18.2 Å². The largest absolute Gasteiger partial charge is 0.493 e. The second-order valence-corrected chi connectivity index (χ2v) is 7.53. The van der Waals surface area contributed by atoms with Crippen molar-refractivity contribution in [3.8, 4) is 11.5 Å². The minimum atomic E-state index is -0.270. The molecule has 27 heavy (non-hydrogen) atoms. The number of nitrogens with one attached hydrogen (secondary N) is 1. The van der Waals surface area contributed by atoms with Crippen molar-refractivity contribution >= 4 is 34.7 Å². The fourth-order valence-electron chi connectivity index (χ4n) is 3.95. The third kappa shape index (κ3) is 3.07. The Kier molecular flexibility index (Phi) is 4.79. The number of carbonyl (C=O) groups excluding carboxylic acids is 1. The molecule has 0 fully saturated rings. The summed E-state index contributed by atoms with van der Waals surface area (Å²) < 4.78 is 10.9. The number of hydrogen-bond donors (Lipinski definition) is 1. The van der Waals surface area contributed by atoms with Crippen molar-refractivity contribution in [3.63, 3.8) is 0 Å². The number of Topliss-reactive ketones (excluding diaryl/α,β-unsaturated/α-hetero) is 1. The van der Waals surface area contributed by atoms with Gasteiger partial charge in [0.05, 0.1) is 14.2 Å². The average Bonchev–Trinajstić information content (AvgIpc) is 2.66. The smallest absolute Gasteiger partial charge is 0.162 e. The number of hydrogen-bond acceptors (Lipinski definition) is 4. The molecule has 0 bridgehead atoms. The van der Waals surface area contributed by atoms with Crippen LogP contribution in [0, 0.1) is 0 Å². The predicted octanol–water partition coefficient (Wildman–Crippen LogP) is 5.58. The van der Waals surface area contributed by atoms with E-state index < -0.39 is 0 Å². The van der Waals surface area contributed by atoms with E-state index in [0.29, 0.717) is 28.0 Å². The van der Waals surface area contributed by atoms with Crippen molar-refractivity contribution in [1.82, 2.24) is 0 Å². The number of carbonyl (C=O) groups is 1. The van der Waals surface area contributed by atoms with Crippen LogP contribution in [0.3, 0.4) is 0 Å². The fourth-order valence-corrected chi connectivity index (χ4v) is 4.46. The Bertz CT molecular complexity index is 968. The van der Waals surface area contributed by atoms with E-state index in [-0.39, 0.29) is 11.7 Å². The summed E-state index contributed by atoms with van der Waals surface area (Å²) in [4.78, 5) is 12.9. The number of rotatable bonds is 3. The van der Waals surface area contributed by atoms with Crippen molar-refractivity contribution in [2.24, 2.45) is 0 Å². The third-order valence-electron chi connectivity index (χ3n) is 5.17. The van der Waals surface area contributed by atoms with Crippen LogP contribution in [0.5, 0.6) is 11.5 Å². The van der Waals surface area contributed by atoms with Crippen molar-refractivity contribution in [1.29, 1.82) is 0 Å². The Morgan fingerprint density at radius 1 is 1.00 bits per heavy atom. The van der Waals surface area contributed by atoms with E-state index in [4.69, 9.17) is 32.7 Å². The third-order valence-corrected chi connectivity index (χ3v) is 5.73. The summed E-state index contributed by atoms with van der Waals surface area (Å²) in [5.41, 5.74) is 4.44. The summed E-state index contributed by atoms with van der Waals surface area (Å²) in [6, 6.07) is 9.25. The van der Waals surface area contributed by atoms with E-state index in [9.17, 15) is 4.79 Å². The van der Waals surface area contributed by atoms with Crippen molar-refractivity contribution in [2.45, 2.75) is 25.2 Å². The van der Waals surface area contributed by atoms with Gasteiger partial charge in [-0.2, -0.15) is 0 Å². The first-order valence-electron chi connectivity index (χ1n) is 8.77. The highest BCUT2D eigenvalue weighted by Gasteiger charge is 2.36. The quantitative estimate of drug-likeness (QED) is 0.726. The van der Waals surface area contributed by atoms with Crippen molar-refractivity contribution in [2.75, 3.05) is 19.5 Å². The topological polar surface area (TPSA) is 47.6 Å². The lowest BCUT2D eigenvalue weighted by Crippen LogP contribution is -2.27. The number of anilines is 1. The summed E-state index contributed by atoms with van der Waals surface area (Å²) in [7, 11) is 3.21. The minimum absolute atomic E-state index is 0.153. The molecule has 140 valence electrons. The number of halogens is 2. The molecule has 0 spiro atoms.